The minimum atomic E-state index is -1.41. The van der Waals surface area contributed by atoms with Crippen LogP contribution in [0.1, 0.15) is 112 Å². The second-order valence-electron chi connectivity index (χ2n) is 20.2. The quantitative estimate of drug-likeness (QED) is 0.0833. The van der Waals surface area contributed by atoms with Crippen molar-refractivity contribution < 1.29 is 57.3 Å². The highest BCUT2D eigenvalue weighted by molar-refractivity contribution is 6.12. The molecule has 3 N–H and O–H groups in total. The second-order valence-corrected chi connectivity index (χ2v) is 20.2. The van der Waals surface area contributed by atoms with Gasteiger partial charge >= 0.3 is 5.97 Å². The van der Waals surface area contributed by atoms with Gasteiger partial charge in [0, 0.05) is 66.4 Å². The van der Waals surface area contributed by atoms with Gasteiger partial charge in [-0.3, -0.25) is 38.5 Å². The van der Waals surface area contributed by atoms with Crippen LogP contribution in [0, 0.1) is 34.9 Å². The Hall–Kier alpha value is -5.23. The molecule has 0 radical (unpaired) electrons. The number of likely N-dealkylation sites (tertiary alicyclic amines) is 1. The average molecular weight is 969 g/mol. The molecule has 1 aromatic carbocycles. The fourth-order valence-electron chi connectivity index (χ4n) is 10.1. The summed E-state index contributed by atoms with van der Waals surface area (Å²) in [5, 5.41) is 15.5. The number of likely N-dealkylation sites (N-methyl/N-ethyl adjacent to an activating group) is 2. The molecule has 0 bridgehead atoms. The normalized spacial score (nSPS) is 19.8. The molecule has 0 aromatic heterocycles. The summed E-state index contributed by atoms with van der Waals surface area (Å²) in [6.45, 7) is 13.6. The molecule has 1 saturated heterocycles. The van der Waals surface area contributed by atoms with Gasteiger partial charge in [-0.2, -0.15) is 0 Å². The van der Waals surface area contributed by atoms with E-state index < -0.39 is 71.9 Å². The van der Waals surface area contributed by atoms with E-state index in [0.29, 0.717) is 38.6 Å². The van der Waals surface area contributed by atoms with Crippen molar-refractivity contribution in [3.05, 3.63) is 47.8 Å². The number of aliphatic carboxylic acids is 1. The highest BCUT2D eigenvalue weighted by atomic mass is 19.1. The van der Waals surface area contributed by atoms with Gasteiger partial charge in [0.25, 0.3) is 11.8 Å². The predicted molar refractivity (Wildman–Crippen MR) is 255 cm³/mol. The standard InChI is InChI=1S/C51H77FN6O11/c1-12-32(6)45(56(9)49(65)43(30(2)3)54-48(64)44(31(4)5)55(8)39(59)20-14-13-17-25-57-40(60)21-22-41(57)61)38(68-10)27-42(62)58-29-51(23-24-51)28-37(58)46(69-11)33(7)47(63)53-36(50(66)67)26-34-18-15-16-19-35(34)52/h15-16,18-19,21-22,30-33,36-38,43-46H,12-14,17,20,23-29H2,1-11H3,(H,53,63)(H,54,64)(H,66,67)/t32-,33+,36-,37-,38?,43-,44-,45-,46+/m0/s1. The number of nitrogens with one attached hydrogen (secondary N) is 2. The van der Waals surface area contributed by atoms with E-state index in [1.807, 2.05) is 41.5 Å². The number of carboxylic acid groups (broad SMARTS) is 1. The van der Waals surface area contributed by atoms with Crippen molar-refractivity contribution in [1.29, 1.82) is 0 Å². The van der Waals surface area contributed by atoms with E-state index in [9.17, 15) is 47.9 Å². The molecule has 3 aliphatic rings. The maximum atomic E-state index is 14.6. The Morgan fingerprint density at radius 3 is 2.04 bits per heavy atom. The molecular formula is C51H77FN6O11. The molecule has 69 heavy (non-hydrogen) atoms. The molecule has 4 rings (SSSR count). The third-order valence-electron chi connectivity index (χ3n) is 14.6. The molecular weight excluding hydrogens is 892 g/mol. The van der Waals surface area contributed by atoms with Gasteiger partial charge in [0.1, 0.15) is 23.9 Å². The summed E-state index contributed by atoms with van der Waals surface area (Å²) in [7, 11) is 6.17. The summed E-state index contributed by atoms with van der Waals surface area (Å²) >= 11 is 0. The first-order chi connectivity index (χ1) is 32.5. The van der Waals surface area contributed by atoms with Crippen molar-refractivity contribution >= 4 is 47.3 Å². The molecule has 18 heteroatoms. The van der Waals surface area contributed by atoms with Crippen molar-refractivity contribution in [1.82, 2.24) is 30.2 Å². The Labute approximate surface area is 407 Å². The van der Waals surface area contributed by atoms with Crippen LogP contribution in [-0.4, -0.2) is 156 Å². The highest BCUT2D eigenvalue weighted by Gasteiger charge is 2.56. The summed E-state index contributed by atoms with van der Waals surface area (Å²) in [4.78, 5) is 112. The Kier molecular flexibility index (Phi) is 20.5. The van der Waals surface area contributed by atoms with Crippen LogP contribution >= 0.6 is 0 Å². The van der Waals surface area contributed by atoms with Crippen LogP contribution < -0.4 is 10.6 Å². The van der Waals surface area contributed by atoms with Crippen LogP contribution in [0.25, 0.3) is 0 Å². The van der Waals surface area contributed by atoms with Crippen molar-refractivity contribution in [3.8, 4) is 0 Å². The summed E-state index contributed by atoms with van der Waals surface area (Å²) in [5.74, 6) is -6.29. The van der Waals surface area contributed by atoms with Gasteiger partial charge in [-0.25, -0.2) is 9.18 Å². The molecule has 1 aliphatic carbocycles. The molecule has 1 spiro atoms. The number of rotatable bonds is 27. The first-order valence-corrected chi connectivity index (χ1v) is 24.5. The Balaban J connectivity index is 1.46. The second kappa shape index (κ2) is 25.1. The van der Waals surface area contributed by atoms with Gasteiger partial charge in [0.2, 0.25) is 29.5 Å². The number of unbranched alkanes of at least 4 members (excludes halogenated alkanes) is 2. The molecule has 384 valence electrons. The zero-order valence-corrected chi connectivity index (χ0v) is 42.5. The van der Waals surface area contributed by atoms with Crippen LogP contribution in [0.15, 0.2) is 36.4 Å². The van der Waals surface area contributed by atoms with Gasteiger partial charge in [-0.05, 0) is 66.9 Å². The van der Waals surface area contributed by atoms with Gasteiger partial charge < -0.3 is 39.9 Å². The molecule has 1 aromatic rings. The largest absolute Gasteiger partial charge is 0.480 e. The van der Waals surface area contributed by atoms with Crippen LogP contribution in [0.4, 0.5) is 4.39 Å². The Bertz CT molecular complexity index is 2020. The van der Waals surface area contributed by atoms with Gasteiger partial charge in [0.05, 0.1) is 36.6 Å². The fourth-order valence-corrected chi connectivity index (χ4v) is 10.1. The number of hydrogen-bond acceptors (Lipinski definition) is 10. The number of methoxy groups -OCH3 is 2. The molecule has 1 unspecified atom stereocenters. The number of carbonyl (C=O) groups is 8. The smallest absolute Gasteiger partial charge is 0.326 e. The first-order valence-electron chi connectivity index (χ1n) is 24.5. The number of hydrogen-bond donors (Lipinski definition) is 3. The van der Waals surface area contributed by atoms with Crippen molar-refractivity contribution in [2.75, 3.05) is 41.4 Å². The van der Waals surface area contributed by atoms with E-state index in [0.717, 1.165) is 17.7 Å². The van der Waals surface area contributed by atoms with E-state index in [1.54, 1.807) is 36.9 Å². The Morgan fingerprint density at radius 2 is 1.51 bits per heavy atom. The van der Waals surface area contributed by atoms with Crippen molar-refractivity contribution in [2.24, 2.45) is 29.1 Å². The van der Waals surface area contributed by atoms with Crippen LogP contribution in [0.3, 0.4) is 0 Å². The SMILES string of the molecule is CC[C@H](C)[C@@H](C(CC(=O)N1CC2(CC2)C[C@H]1[C@H](OC)[C@@H](C)C(=O)N[C@@H](Cc1ccccc1F)C(=O)O)OC)N(C)C(=O)[C@@H](NC(=O)[C@H](C(C)C)N(C)C(=O)CCCCCN1C(=O)C=CC1=O)C(C)C. The maximum absolute atomic E-state index is 14.6. The van der Waals surface area contributed by atoms with E-state index in [-0.39, 0.29) is 84.1 Å². The lowest BCUT2D eigenvalue weighted by atomic mass is 9.89. The van der Waals surface area contributed by atoms with E-state index in [1.165, 1.54) is 49.5 Å². The summed E-state index contributed by atoms with van der Waals surface area (Å²) in [6, 6.07) is 1.36. The number of carbonyl (C=O) groups excluding carboxylic acids is 7. The van der Waals surface area contributed by atoms with Crippen LogP contribution in [-0.2, 0) is 54.3 Å². The lowest BCUT2D eigenvalue weighted by Gasteiger charge is -2.41. The maximum Gasteiger partial charge on any atom is 0.326 e. The Morgan fingerprint density at radius 1 is 0.870 bits per heavy atom. The monoisotopic (exact) mass is 969 g/mol. The van der Waals surface area contributed by atoms with E-state index >= 15 is 0 Å². The number of halogens is 1. The first kappa shape index (κ1) is 56.4. The predicted octanol–water partition coefficient (Wildman–Crippen LogP) is 4.36. The fraction of sp³-hybridized carbons (Fsp3) is 0.686. The van der Waals surface area contributed by atoms with Gasteiger partial charge in [-0.15, -0.1) is 0 Å². The third kappa shape index (κ3) is 14.2. The molecule has 2 heterocycles. The summed E-state index contributed by atoms with van der Waals surface area (Å²) in [5.41, 5.74) is 0.00741. The molecule has 17 nitrogen and oxygen atoms in total. The molecule has 9 atom stereocenters. The number of carboxylic acids is 1. The summed E-state index contributed by atoms with van der Waals surface area (Å²) in [6.07, 6.45) is 5.29. The van der Waals surface area contributed by atoms with Crippen LogP contribution in [0.2, 0.25) is 0 Å². The van der Waals surface area contributed by atoms with Gasteiger partial charge in [0.15, 0.2) is 0 Å². The van der Waals surface area contributed by atoms with Gasteiger partial charge in [-0.1, -0.05) is 79.5 Å². The number of amides is 7. The lowest BCUT2D eigenvalue weighted by Crippen LogP contribution is -2.60. The lowest BCUT2D eigenvalue weighted by molar-refractivity contribution is -0.149. The van der Waals surface area contributed by atoms with Crippen LogP contribution in [0.5, 0.6) is 0 Å². The highest BCUT2D eigenvalue weighted by Crippen LogP contribution is 2.56. The zero-order chi connectivity index (χ0) is 51.5. The van der Waals surface area contributed by atoms with Crippen molar-refractivity contribution in [3.63, 3.8) is 0 Å². The molecule has 1 saturated carbocycles. The average Bonchev–Trinajstić information content (AvgIpc) is 3.85. The molecule has 2 fully saturated rings. The number of ether oxygens (including phenoxy) is 2. The molecule has 2 aliphatic heterocycles. The third-order valence-corrected chi connectivity index (χ3v) is 14.6. The zero-order valence-electron chi connectivity index (χ0n) is 42.5. The minimum absolute atomic E-state index is 0.108. The summed E-state index contributed by atoms with van der Waals surface area (Å²) < 4.78 is 26.5. The number of imide groups is 1. The topological polar surface area (TPSA) is 212 Å². The van der Waals surface area contributed by atoms with E-state index in [2.05, 4.69) is 10.6 Å². The minimum Gasteiger partial charge on any atom is -0.480 e. The van der Waals surface area contributed by atoms with E-state index in [4.69, 9.17) is 9.47 Å². The van der Waals surface area contributed by atoms with Crippen molar-refractivity contribution in [2.45, 2.75) is 155 Å². The number of nitrogens with zero attached hydrogens (tertiary/aromatic N) is 4. The molecule has 7 amide bonds. The number of benzene rings is 1.